The van der Waals surface area contributed by atoms with E-state index >= 15 is 0 Å². The highest BCUT2D eigenvalue weighted by Crippen LogP contribution is 2.55. The van der Waals surface area contributed by atoms with Crippen LogP contribution in [0.3, 0.4) is 0 Å². The number of benzene rings is 4. The van der Waals surface area contributed by atoms with E-state index in [0.717, 1.165) is 5.75 Å². The minimum Gasteiger partial charge on any atom is -0.435 e. The highest BCUT2D eigenvalue weighted by atomic mass is 16.5. The van der Waals surface area contributed by atoms with Crippen molar-refractivity contribution in [1.82, 2.24) is 0 Å². The van der Waals surface area contributed by atoms with Crippen molar-refractivity contribution in [2.24, 2.45) is 0 Å². The molecule has 0 saturated carbocycles. The van der Waals surface area contributed by atoms with Crippen LogP contribution < -0.4 is 9.30 Å². The summed E-state index contributed by atoms with van der Waals surface area (Å²) in [6.45, 7) is 5.27. The van der Waals surface area contributed by atoms with Crippen LogP contribution in [0.15, 0.2) is 72.8 Å². The summed E-state index contributed by atoms with van der Waals surface area (Å²) < 4.78 is 8.79. The Balaban J connectivity index is 1.74. The minimum atomic E-state index is -0.0738. The molecule has 0 fully saturated rings. The third-order valence-electron chi connectivity index (χ3n) is 6.92. The van der Waals surface area contributed by atoms with E-state index < -0.39 is 0 Å². The number of nitrogens with zero attached hydrogens (tertiary/aromatic N) is 1. The Morgan fingerprint density at radius 2 is 1.52 bits per heavy atom. The Morgan fingerprint density at radius 3 is 2.38 bits per heavy atom. The van der Waals surface area contributed by atoms with Crippen molar-refractivity contribution in [1.29, 1.82) is 0 Å². The first-order valence-electron chi connectivity index (χ1n) is 10.2. The monoisotopic (exact) mass is 374 g/mol. The molecule has 0 saturated heterocycles. The second kappa shape index (κ2) is 4.96. The molecule has 1 aromatic heterocycles. The summed E-state index contributed by atoms with van der Waals surface area (Å²) in [7, 11) is 0. The van der Waals surface area contributed by atoms with Crippen molar-refractivity contribution in [3.8, 4) is 17.0 Å². The first kappa shape index (κ1) is 15.5. The number of hydrogen-bond acceptors (Lipinski definition) is 1. The Labute approximate surface area is 169 Å². The van der Waals surface area contributed by atoms with Crippen molar-refractivity contribution in [2.75, 3.05) is 0 Å². The average Bonchev–Trinajstić information content (AvgIpc) is 2.99. The molecule has 1 aliphatic heterocycles. The first-order chi connectivity index (χ1) is 14.1. The van der Waals surface area contributed by atoms with Crippen LogP contribution in [0.25, 0.3) is 43.7 Å². The Bertz CT molecular complexity index is 1530. The second-order valence-corrected chi connectivity index (χ2v) is 8.80. The van der Waals surface area contributed by atoms with E-state index in [9.17, 15) is 0 Å². The molecule has 0 atom stereocenters. The van der Waals surface area contributed by atoms with Crippen LogP contribution in [0.4, 0.5) is 0 Å². The van der Waals surface area contributed by atoms with Crippen molar-refractivity contribution in [3.05, 3.63) is 83.9 Å². The van der Waals surface area contributed by atoms with E-state index in [1.54, 1.807) is 0 Å². The Kier molecular flexibility index (Phi) is 2.65. The highest BCUT2D eigenvalue weighted by molar-refractivity contribution is 6.06. The lowest BCUT2D eigenvalue weighted by Crippen LogP contribution is -2.43. The van der Waals surface area contributed by atoms with Gasteiger partial charge in [-0.2, -0.15) is 4.57 Å². The molecule has 138 valence electrons. The van der Waals surface area contributed by atoms with E-state index in [4.69, 9.17) is 4.74 Å². The predicted octanol–water partition coefficient (Wildman–Crippen LogP) is 6.09. The maximum Gasteiger partial charge on any atom is 0.293 e. The van der Waals surface area contributed by atoms with Crippen LogP contribution in [0.2, 0.25) is 0 Å². The van der Waals surface area contributed by atoms with E-state index in [1.807, 2.05) is 0 Å². The third-order valence-corrected chi connectivity index (χ3v) is 6.92. The standard InChI is InChI=1S/C27H20NO/c1-27(2)21-13-18-12-11-16-7-3-6-10-20(16)25(18)28-15-29-22-14-17-8-4-5-9-19(17)24(27)23(22)26(21)28/h3-14H,15H2,1-2H3/q+1. The summed E-state index contributed by atoms with van der Waals surface area (Å²) in [6.07, 6.45) is 0. The fraction of sp³-hybridized carbons (Fsp3) is 0.148. The minimum absolute atomic E-state index is 0.0738. The van der Waals surface area contributed by atoms with E-state index in [0.29, 0.717) is 6.73 Å². The van der Waals surface area contributed by atoms with Gasteiger partial charge in [0, 0.05) is 16.4 Å². The maximum absolute atomic E-state index is 6.39. The zero-order chi connectivity index (χ0) is 19.3. The first-order valence-corrected chi connectivity index (χ1v) is 10.2. The topological polar surface area (TPSA) is 13.1 Å². The molecule has 2 heteroatoms. The van der Waals surface area contributed by atoms with Gasteiger partial charge in [-0.1, -0.05) is 62.4 Å². The summed E-state index contributed by atoms with van der Waals surface area (Å²) in [6, 6.07) is 26.5. The fourth-order valence-electron chi connectivity index (χ4n) is 5.63. The number of pyridine rings is 1. The molecule has 2 heterocycles. The summed E-state index contributed by atoms with van der Waals surface area (Å²) in [4.78, 5) is 0. The van der Waals surface area contributed by atoms with E-state index in [-0.39, 0.29) is 5.41 Å². The molecule has 0 bridgehead atoms. The molecule has 1 aliphatic carbocycles. The number of ether oxygens (including phenoxy) is 1. The van der Waals surface area contributed by atoms with Gasteiger partial charge in [-0.25, -0.2) is 0 Å². The zero-order valence-corrected chi connectivity index (χ0v) is 16.5. The lowest BCUT2D eigenvalue weighted by Gasteiger charge is -2.22. The summed E-state index contributed by atoms with van der Waals surface area (Å²) in [5.41, 5.74) is 6.61. The van der Waals surface area contributed by atoms with Crippen molar-refractivity contribution >= 4 is 32.4 Å². The van der Waals surface area contributed by atoms with Crippen molar-refractivity contribution < 1.29 is 9.30 Å². The van der Waals surface area contributed by atoms with Crippen LogP contribution in [0, 0.1) is 0 Å². The quantitative estimate of drug-likeness (QED) is 0.236. The molecule has 4 aromatic carbocycles. The smallest absolute Gasteiger partial charge is 0.293 e. The molecular weight excluding hydrogens is 354 g/mol. The van der Waals surface area contributed by atoms with Gasteiger partial charge in [-0.05, 0) is 46.0 Å². The van der Waals surface area contributed by atoms with Gasteiger partial charge >= 0.3 is 0 Å². The SMILES string of the molecule is CC1(C)c2cc3ccc4ccccc4c3[n+]3c2-c2c(cc4ccccc4c21)OC3. The molecule has 0 radical (unpaired) electrons. The molecule has 5 aromatic rings. The Morgan fingerprint density at radius 1 is 0.793 bits per heavy atom. The lowest BCUT2D eigenvalue weighted by atomic mass is 9.80. The van der Waals surface area contributed by atoms with Crippen molar-refractivity contribution in [2.45, 2.75) is 26.0 Å². The summed E-state index contributed by atoms with van der Waals surface area (Å²) in [5.74, 6) is 1.02. The van der Waals surface area contributed by atoms with Crippen LogP contribution in [0.5, 0.6) is 5.75 Å². The number of rotatable bonds is 0. The molecule has 0 amide bonds. The van der Waals surface area contributed by atoms with Gasteiger partial charge in [0.25, 0.3) is 6.73 Å². The average molecular weight is 374 g/mol. The number of aromatic nitrogens is 1. The van der Waals surface area contributed by atoms with Crippen molar-refractivity contribution in [3.63, 3.8) is 0 Å². The molecule has 2 aliphatic rings. The number of fused-ring (bicyclic) bond motifs is 6. The zero-order valence-electron chi connectivity index (χ0n) is 16.5. The molecule has 0 N–H and O–H groups in total. The van der Waals surface area contributed by atoms with Gasteiger partial charge < -0.3 is 4.74 Å². The van der Waals surface area contributed by atoms with Gasteiger partial charge in [-0.3, -0.25) is 0 Å². The fourth-order valence-corrected chi connectivity index (χ4v) is 5.63. The number of hydrogen-bond donors (Lipinski definition) is 0. The largest absolute Gasteiger partial charge is 0.435 e. The van der Waals surface area contributed by atoms with Gasteiger partial charge in [0.1, 0.15) is 5.75 Å². The maximum atomic E-state index is 6.39. The lowest BCUT2D eigenvalue weighted by molar-refractivity contribution is -0.692. The molecule has 7 rings (SSSR count). The van der Waals surface area contributed by atoms with Crippen LogP contribution >= 0.6 is 0 Å². The van der Waals surface area contributed by atoms with E-state index in [2.05, 4.69) is 91.2 Å². The summed E-state index contributed by atoms with van der Waals surface area (Å²) in [5, 5.41) is 6.42. The van der Waals surface area contributed by atoms with Crippen LogP contribution in [-0.2, 0) is 12.1 Å². The predicted molar refractivity (Wildman–Crippen MR) is 117 cm³/mol. The second-order valence-electron chi connectivity index (χ2n) is 8.80. The van der Waals surface area contributed by atoms with Gasteiger partial charge in [0.15, 0.2) is 0 Å². The molecule has 29 heavy (non-hydrogen) atoms. The molecular formula is C27H20NO+. The van der Waals surface area contributed by atoms with Crippen LogP contribution in [-0.4, -0.2) is 0 Å². The summed E-state index contributed by atoms with van der Waals surface area (Å²) >= 11 is 0. The Hall–Kier alpha value is -3.39. The van der Waals surface area contributed by atoms with E-state index in [1.165, 1.54) is 54.8 Å². The molecule has 2 nitrogen and oxygen atoms in total. The van der Waals surface area contributed by atoms with Crippen LogP contribution in [0.1, 0.15) is 25.0 Å². The van der Waals surface area contributed by atoms with Gasteiger partial charge in [0.2, 0.25) is 11.2 Å². The normalized spacial score (nSPS) is 15.7. The highest BCUT2D eigenvalue weighted by Gasteiger charge is 2.47. The van der Waals surface area contributed by atoms with Gasteiger partial charge in [0.05, 0.1) is 10.9 Å². The molecule has 0 spiro atoms. The molecule has 0 unspecified atom stereocenters. The third kappa shape index (κ3) is 1.76. The van der Waals surface area contributed by atoms with Gasteiger partial charge in [-0.15, -0.1) is 0 Å².